The van der Waals surface area contributed by atoms with E-state index in [0.29, 0.717) is 4.70 Å². The van der Waals surface area contributed by atoms with Crippen LogP contribution in [0.4, 0.5) is 4.39 Å². The predicted octanol–water partition coefficient (Wildman–Crippen LogP) is 4.96. The lowest BCUT2D eigenvalue weighted by atomic mass is 10.2. The van der Waals surface area contributed by atoms with Crippen molar-refractivity contribution in [3.63, 3.8) is 0 Å². The van der Waals surface area contributed by atoms with Crippen LogP contribution in [0.5, 0.6) is 17.2 Å². The molecule has 2 aromatic carbocycles. The number of thiazole rings is 1. The second-order valence-electron chi connectivity index (χ2n) is 8.26. The van der Waals surface area contributed by atoms with Gasteiger partial charge in [0.1, 0.15) is 23.9 Å². The fourth-order valence-electron chi connectivity index (χ4n) is 2.99. The number of benzene rings is 2. The minimum atomic E-state index is -4.65. The van der Waals surface area contributed by atoms with Gasteiger partial charge in [-0.05, 0) is 23.2 Å². The summed E-state index contributed by atoms with van der Waals surface area (Å²) in [4.78, 5) is 19.6. The zero-order chi connectivity index (χ0) is 30.2. The molecule has 0 aliphatic rings. The Hall–Kier alpha value is -4.13. The number of aromatic nitrogens is 1. The number of azide groups is 2. The number of hydrogen-bond acceptors (Lipinski definition) is 11. The van der Waals surface area contributed by atoms with Crippen molar-refractivity contribution >= 4 is 39.2 Å². The van der Waals surface area contributed by atoms with E-state index < -0.39 is 46.1 Å². The SMILES string of the molecule is CC(COc1cc2nc(S(=O)(=O)NCP(=O)(O)Oc3ccc(C#N)c(F)c3)sc2cc1OCC(C)N=[N+]=[N-])N=[N+]=[N-]. The van der Waals surface area contributed by atoms with Crippen LogP contribution >= 0.6 is 18.9 Å². The Kier molecular flexibility index (Phi) is 10.3. The summed E-state index contributed by atoms with van der Waals surface area (Å²) >= 11 is 0.727. The fourth-order valence-corrected chi connectivity index (χ4v) is 6.76. The van der Waals surface area contributed by atoms with Crippen molar-refractivity contribution in [3.05, 3.63) is 62.6 Å². The minimum absolute atomic E-state index is 0.0295. The number of halogens is 1. The molecule has 216 valence electrons. The summed E-state index contributed by atoms with van der Waals surface area (Å²) in [5, 5.41) is 15.8. The third-order valence-corrected chi connectivity index (χ3v) is 8.95. The van der Waals surface area contributed by atoms with Crippen LogP contribution in [0.25, 0.3) is 31.1 Å². The van der Waals surface area contributed by atoms with Crippen LogP contribution in [0.3, 0.4) is 0 Å². The Bertz CT molecular complexity index is 1670. The second kappa shape index (κ2) is 13.5. The number of fused-ring (bicyclic) bond motifs is 1. The number of rotatable bonds is 14. The Morgan fingerprint density at radius 2 is 1.78 bits per heavy atom. The van der Waals surface area contributed by atoms with E-state index in [1.165, 1.54) is 12.1 Å². The average molecular weight is 626 g/mol. The summed E-state index contributed by atoms with van der Waals surface area (Å²) in [6.07, 6.45) is -1.07. The molecule has 0 radical (unpaired) electrons. The molecule has 2 N–H and O–H groups in total. The van der Waals surface area contributed by atoms with Crippen LogP contribution < -0.4 is 18.7 Å². The number of sulfonamides is 1. The molecule has 0 bridgehead atoms. The Morgan fingerprint density at radius 3 is 2.34 bits per heavy atom. The maximum absolute atomic E-state index is 13.8. The molecule has 3 rings (SSSR count). The van der Waals surface area contributed by atoms with Crippen molar-refractivity contribution in [2.45, 2.75) is 30.3 Å². The van der Waals surface area contributed by atoms with Gasteiger partial charge in [0, 0.05) is 28.0 Å². The molecule has 1 aromatic heterocycles. The molecule has 0 amide bonds. The van der Waals surface area contributed by atoms with Crippen LogP contribution in [-0.4, -0.2) is 49.9 Å². The summed E-state index contributed by atoms with van der Waals surface area (Å²) in [5.74, 6) is -1.03. The Morgan fingerprint density at radius 1 is 1.17 bits per heavy atom. The van der Waals surface area contributed by atoms with Crippen molar-refractivity contribution < 1.29 is 36.3 Å². The molecule has 0 aliphatic carbocycles. The van der Waals surface area contributed by atoms with Gasteiger partial charge in [0.05, 0.1) is 41.1 Å². The molecule has 0 fully saturated rings. The van der Waals surface area contributed by atoms with Crippen molar-refractivity contribution in [3.8, 4) is 23.3 Å². The van der Waals surface area contributed by atoms with Gasteiger partial charge < -0.3 is 18.9 Å². The lowest BCUT2D eigenvalue weighted by molar-refractivity contribution is 0.251. The predicted molar refractivity (Wildman–Crippen MR) is 145 cm³/mol. The van der Waals surface area contributed by atoms with Crippen LogP contribution in [0.2, 0.25) is 0 Å². The second-order valence-corrected chi connectivity index (χ2v) is 13.0. The van der Waals surface area contributed by atoms with E-state index in [4.69, 9.17) is 30.3 Å². The van der Waals surface area contributed by atoms with Crippen molar-refractivity contribution in [2.24, 2.45) is 10.2 Å². The van der Waals surface area contributed by atoms with E-state index in [0.717, 1.165) is 29.5 Å². The third kappa shape index (κ3) is 8.68. The first-order chi connectivity index (χ1) is 19.4. The molecule has 16 nitrogen and oxygen atoms in total. The van der Waals surface area contributed by atoms with Gasteiger partial charge >= 0.3 is 7.60 Å². The van der Waals surface area contributed by atoms with Gasteiger partial charge in [-0.25, -0.2) is 22.4 Å². The van der Waals surface area contributed by atoms with Crippen LogP contribution in [0, 0.1) is 17.1 Å². The topological polar surface area (TPSA) is 245 Å². The van der Waals surface area contributed by atoms with Gasteiger partial charge in [-0.15, -0.1) is 11.3 Å². The summed E-state index contributed by atoms with van der Waals surface area (Å²) in [6, 6.07) is 6.23. The van der Waals surface area contributed by atoms with Gasteiger partial charge in [0.2, 0.25) is 4.34 Å². The maximum atomic E-state index is 13.8. The molecule has 20 heteroatoms. The standard InChI is InChI=1S/C21H21FN9O7PS2/c1-12(28-30-24)9-36-18-6-17-20(7-19(18)37-10-13(2)29-31-25)40-21(27-17)41(34,35)26-11-39(32,33)38-15-4-3-14(8-23)16(22)5-15/h3-7,12-13,26H,9-11H2,1-2H3,(H,32,33). The minimum Gasteiger partial charge on any atom is -0.489 e. The van der Waals surface area contributed by atoms with Gasteiger partial charge in [-0.3, -0.25) is 0 Å². The van der Waals surface area contributed by atoms with E-state index in [1.54, 1.807) is 19.9 Å². The van der Waals surface area contributed by atoms with Crippen LogP contribution in [0.1, 0.15) is 19.4 Å². The van der Waals surface area contributed by atoms with Crippen molar-refractivity contribution in [2.75, 3.05) is 19.5 Å². The van der Waals surface area contributed by atoms with E-state index >= 15 is 0 Å². The molecule has 41 heavy (non-hydrogen) atoms. The zero-order valence-corrected chi connectivity index (χ0v) is 23.8. The quantitative estimate of drug-likeness (QED) is 0.106. The number of nitrogens with one attached hydrogen (secondary N) is 1. The van der Waals surface area contributed by atoms with E-state index in [-0.39, 0.29) is 41.5 Å². The molecule has 0 aliphatic heterocycles. The third-order valence-electron chi connectivity index (χ3n) is 4.89. The van der Waals surface area contributed by atoms with Crippen LogP contribution in [-0.2, 0) is 14.6 Å². The molecule has 0 spiro atoms. The summed E-state index contributed by atoms with van der Waals surface area (Å²) in [7, 11) is -9.07. The van der Waals surface area contributed by atoms with Gasteiger partial charge in [0.25, 0.3) is 10.0 Å². The monoisotopic (exact) mass is 625 g/mol. The normalized spacial score (nSPS) is 14.0. The lowest BCUT2D eigenvalue weighted by Crippen LogP contribution is -2.25. The highest BCUT2D eigenvalue weighted by Gasteiger charge is 2.28. The van der Waals surface area contributed by atoms with Gasteiger partial charge in [-0.2, -0.15) is 9.98 Å². The summed E-state index contributed by atoms with van der Waals surface area (Å²) in [5.41, 5.74) is 17.1. The van der Waals surface area contributed by atoms with E-state index in [1.807, 2.05) is 4.72 Å². The highest BCUT2D eigenvalue weighted by atomic mass is 32.2. The van der Waals surface area contributed by atoms with Crippen LogP contribution in [0.15, 0.2) is 44.9 Å². The molecule has 3 unspecified atom stereocenters. The first-order valence-corrected chi connectivity index (χ1v) is 15.4. The molecule has 3 atom stereocenters. The molecule has 0 saturated heterocycles. The largest absolute Gasteiger partial charge is 0.489 e. The fraction of sp³-hybridized carbons (Fsp3) is 0.333. The number of hydrogen-bond donors (Lipinski definition) is 2. The smallest absolute Gasteiger partial charge is 0.391 e. The molecule has 3 aromatic rings. The average Bonchev–Trinajstić information content (AvgIpc) is 3.34. The summed E-state index contributed by atoms with van der Waals surface area (Å²) < 4.78 is 70.1. The van der Waals surface area contributed by atoms with Crippen molar-refractivity contribution in [1.29, 1.82) is 5.26 Å². The number of nitriles is 1. The first kappa shape index (κ1) is 31.4. The molecular formula is C21H21FN9O7PS2. The Labute approximate surface area is 236 Å². The lowest BCUT2D eigenvalue weighted by Gasteiger charge is -2.15. The highest BCUT2D eigenvalue weighted by molar-refractivity contribution is 7.91. The molecule has 1 heterocycles. The van der Waals surface area contributed by atoms with E-state index in [9.17, 15) is 22.3 Å². The van der Waals surface area contributed by atoms with Gasteiger partial charge in [-0.1, -0.05) is 24.1 Å². The van der Waals surface area contributed by atoms with E-state index in [2.05, 4.69) is 25.0 Å². The Balaban J connectivity index is 1.82. The molecule has 0 saturated carbocycles. The molecular weight excluding hydrogens is 604 g/mol. The first-order valence-electron chi connectivity index (χ1n) is 11.4. The highest BCUT2D eigenvalue weighted by Crippen LogP contribution is 2.42. The number of nitrogens with zero attached hydrogens (tertiary/aromatic N) is 8. The maximum Gasteiger partial charge on any atom is 0.391 e. The van der Waals surface area contributed by atoms with Gasteiger partial charge in [0.15, 0.2) is 11.5 Å². The summed E-state index contributed by atoms with van der Waals surface area (Å²) in [6.45, 7) is 3.16. The zero-order valence-electron chi connectivity index (χ0n) is 21.3. The van der Waals surface area contributed by atoms with Crippen molar-refractivity contribution in [1.82, 2.24) is 9.71 Å². The number of ether oxygens (including phenoxy) is 2.